The van der Waals surface area contributed by atoms with E-state index in [9.17, 15) is 14.7 Å². The fourth-order valence-electron chi connectivity index (χ4n) is 4.12. The Labute approximate surface area is 215 Å². The van der Waals surface area contributed by atoms with Gasteiger partial charge < -0.3 is 19.5 Å². The molecular weight excluding hydrogens is 476 g/mol. The highest BCUT2D eigenvalue weighted by Gasteiger charge is 2.44. The van der Waals surface area contributed by atoms with E-state index in [1.54, 1.807) is 14.0 Å². The highest BCUT2D eigenvalue weighted by Crippen LogP contribution is 2.41. The fourth-order valence-corrected chi connectivity index (χ4v) is 5.15. The third kappa shape index (κ3) is 5.20. The lowest BCUT2D eigenvalue weighted by molar-refractivity contribution is -0.130. The van der Waals surface area contributed by atoms with Gasteiger partial charge in [-0.15, -0.1) is 11.3 Å². The van der Waals surface area contributed by atoms with Gasteiger partial charge in [0, 0.05) is 19.2 Å². The Morgan fingerprint density at radius 2 is 1.92 bits per heavy atom. The van der Waals surface area contributed by atoms with E-state index < -0.39 is 23.5 Å². The number of thiazole rings is 1. The summed E-state index contributed by atoms with van der Waals surface area (Å²) in [5.41, 5.74) is 2.18. The lowest BCUT2D eigenvalue weighted by Gasteiger charge is -2.27. The number of aliphatic hydroxyl groups excluding tert-OH is 1. The normalized spacial score (nSPS) is 15.8. The number of ether oxygens (including phenoxy) is 2. The first kappa shape index (κ1) is 25.6. The number of methoxy groups -OCH3 is 1. The van der Waals surface area contributed by atoms with Crippen LogP contribution in [0.1, 0.15) is 40.8 Å². The number of carbonyl (C=O) groups excluding carboxylic acids is 2. The van der Waals surface area contributed by atoms with Crippen LogP contribution >= 0.6 is 11.3 Å². The minimum Gasteiger partial charge on any atom is -0.503 e. The van der Waals surface area contributed by atoms with Gasteiger partial charge >= 0.3 is 0 Å². The van der Waals surface area contributed by atoms with Crippen molar-refractivity contribution in [1.29, 1.82) is 0 Å². The summed E-state index contributed by atoms with van der Waals surface area (Å²) in [6.45, 7) is 6.90. The molecule has 0 saturated heterocycles. The zero-order chi connectivity index (χ0) is 25.8. The minimum atomic E-state index is -0.774. The molecule has 188 valence electrons. The summed E-state index contributed by atoms with van der Waals surface area (Å²) in [5, 5.41) is 11.6. The zero-order valence-corrected chi connectivity index (χ0v) is 21.7. The number of aryl methyl sites for hydroxylation is 1. The van der Waals surface area contributed by atoms with Crippen molar-refractivity contribution in [2.24, 2.45) is 5.92 Å². The molecule has 8 heteroatoms. The van der Waals surface area contributed by atoms with Gasteiger partial charge in [0.05, 0.1) is 35.4 Å². The molecule has 4 rings (SSSR count). The van der Waals surface area contributed by atoms with Gasteiger partial charge in [-0.05, 0) is 30.5 Å². The van der Waals surface area contributed by atoms with Crippen molar-refractivity contribution in [3.8, 4) is 16.3 Å². The van der Waals surface area contributed by atoms with Crippen LogP contribution in [0.2, 0.25) is 0 Å². The van der Waals surface area contributed by atoms with Gasteiger partial charge in [0.15, 0.2) is 5.76 Å². The lowest BCUT2D eigenvalue weighted by Crippen LogP contribution is -2.34. The molecule has 0 spiro atoms. The molecule has 1 amide bonds. The fraction of sp³-hybridized carbons (Fsp3) is 0.321. The Bertz CT molecular complexity index is 1280. The maximum Gasteiger partial charge on any atom is 0.290 e. The maximum atomic E-state index is 13.9. The Morgan fingerprint density at radius 3 is 2.61 bits per heavy atom. The molecule has 2 aromatic carbocycles. The molecule has 1 aliphatic rings. The van der Waals surface area contributed by atoms with E-state index in [-0.39, 0.29) is 18.7 Å². The summed E-state index contributed by atoms with van der Waals surface area (Å²) in [7, 11) is 1.54. The number of amides is 1. The van der Waals surface area contributed by atoms with Gasteiger partial charge in [-0.25, -0.2) is 4.98 Å². The van der Waals surface area contributed by atoms with E-state index in [1.165, 1.54) is 16.2 Å². The van der Waals surface area contributed by atoms with E-state index in [0.717, 1.165) is 5.56 Å². The molecule has 1 N–H and O–H groups in total. The standard InChI is InChI=1S/C28H30N2O5S/c1-17(2)16-35-21-12-8-11-20(15-21)23-22(25(32)28(33)30(23)13-14-34-4)24(31)26-18(3)29-27(36-26)19-9-6-5-7-10-19/h5-12,15,17,23,32H,13-14,16H2,1-4H3. The number of aliphatic hydroxyl groups is 1. The predicted octanol–water partition coefficient (Wildman–Crippen LogP) is 5.38. The van der Waals surface area contributed by atoms with Crippen LogP contribution in [-0.2, 0) is 9.53 Å². The van der Waals surface area contributed by atoms with Crippen LogP contribution in [0, 0.1) is 12.8 Å². The number of benzene rings is 2. The molecule has 0 fully saturated rings. The Kier molecular flexibility index (Phi) is 7.86. The van der Waals surface area contributed by atoms with E-state index >= 15 is 0 Å². The second kappa shape index (κ2) is 11.1. The Balaban J connectivity index is 1.75. The molecular formula is C28H30N2O5S. The van der Waals surface area contributed by atoms with Gasteiger partial charge in [0.25, 0.3) is 5.91 Å². The van der Waals surface area contributed by atoms with Crippen molar-refractivity contribution < 1.29 is 24.2 Å². The topological polar surface area (TPSA) is 89.0 Å². The molecule has 0 saturated carbocycles. The van der Waals surface area contributed by atoms with E-state index in [1.807, 2.05) is 54.6 Å². The van der Waals surface area contributed by atoms with Crippen molar-refractivity contribution in [2.75, 3.05) is 26.9 Å². The van der Waals surface area contributed by atoms with Crippen molar-refractivity contribution in [2.45, 2.75) is 26.8 Å². The average Bonchev–Trinajstić information content (AvgIpc) is 3.39. The number of rotatable bonds is 10. The van der Waals surface area contributed by atoms with Crippen LogP contribution in [-0.4, -0.2) is 53.5 Å². The third-order valence-corrected chi connectivity index (χ3v) is 7.07. The van der Waals surface area contributed by atoms with Crippen LogP contribution in [0.25, 0.3) is 10.6 Å². The summed E-state index contributed by atoms with van der Waals surface area (Å²) in [5.74, 6) is -0.563. The monoisotopic (exact) mass is 506 g/mol. The predicted molar refractivity (Wildman–Crippen MR) is 139 cm³/mol. The van der Waals surface area contributed by atoms with E-state index in [4.69, 9.17) is 9.47 Å². The van der Waals surface area contributed by atoms with Gasteiger partial charge in [0.1, 0.15) is 10.8 Å². The van der Waals surface area contributed by atoms with Crippen LogP contribution < -0.4 is 4.74 Å². The summed E-state index contributed by atoms with van der Waals surface area (Å²) in [4.78, 5) is 33.5. The molecule has 36 heavy (non-hydrogen) atoms. The number of carbonyl (C=O) groups is 2. The quantitative estimate of drug-likeness (QED) is 0.372. The first-order valence-electron chi connectivity index (χ1n) is 11.8. The van der Waals surface area contributed by atoms with Gasteiger partial charge in [0.2, 0.25) is 5.78 Å². The largest absolute Gasteiger partial charge is 0.503 e. The van der Waals surface area contributed by atoms with Crippen molar-refractivity contribution in [3.63, 3.8) is 0 Å². The molecule has 0 radical (unpaired) electrons. The molecule has 1 aromatic heterocycles. The van der Waals surface area contributed by atoms with Crippen LogP contribution in [0.5, 0.6) is 5.75 Å². The summed E-state index contributed by atoms with van der Waals surface area (Å²) in [6, 6.07) is 16.2. The van der Waals surface area contributed by atoms with E-state index in [2.05, 4.69) is 18.8 Å². The smallest absolute Gasteiger partial charge is 0.290 e. The molecule has 0 bridgehead atoms. The Morgan fingerprint density at radius 1 is 1.17 bits per heavy atom. The van der Waals surface area contributed by atoms with Crippen molar-refractivity contribution in [1.82, 2.24) is 9.88 Å². The molecule has 7 nitrogen and oxygen atoms in total. The second-order valence-electron chi connectivity index (χ2n) is 9.06. The minimum absolute atomic E-state index is 0.0449. The third-order valence-electron chi connectivity index (χ3n) is 5.87. The number of ketones is 1. The highest BCUT2D eigenvalue weighted by molar-refractivity contribution is 7.17. The Hall–Kier alpha value is -3.49. The maximum absolute atomic E-state index is 13.9. The van der Waals surface area contributed by atoms with E-state index in [0.29, 0.717) is 39.4 Å². The van der Waals surface area contributed by atoms with Crippen LogP contribution in [0.4, 0.5) is 0 Å². The van der Waals surface area contributed by atoms with Crippen molar-refractivity contribution >= 4 is 23.0 Å². The summed E-state index contributed by atoms with van der Waals surface area (Å²) < 4.78 is 11.1. The van der Waals surface area contributed by atoms with Gasteiger partial charge in [-0.2, -0.15) is 0 Å². The zero-order valence-electron chi connectivity index (χ0n) is 20.9. The lowest BCUT2D eigenvalue weighted by atomic mass is 9.95. The number of hydrogen-bond donors (Lipinski definition) is 1. The van der Waals surface area contributed by atoms with Gasteiger partial charge in [-0.1, -0.05) is 56.3 Å². The van der Waals surface area contributed by atoms with Crippen LogP contribution in [0.15, 0.2) is 65.9 Å². The molecule has 0 aliphatic carbocycles. The number of aromatic nitrogens is 1. The second-order valence-corrected chi connectivity index (χ2v) is 10.1. The SMILES string of the molecule is COCCN1C(=O)C(O)=C(C(=O)c2sc(-c3ccccc3)nc2C)C1c1cccc(OCC(C)C)c1. The number of hydrogen-bond acceptors (Lipinski definition) is 7. The molecule has 1 atom stereocenters. The highest BCUT2D eigenvalue weighted by atomic mass is 32.1. The molecule has 3 aromatic rings. The number of Topliss-reactive ketones (excluding diaryl/α,β-unsaturated/α-hetero) is 1. The molecule has 1 unspecified atom stereocenters. The summed E-state index contributed by atoms with van der Waals surface area (Å²) in [6.07, 6.45) is 0. The average molecular weight is 507 g/mol. The first-order chi connectivity index (χ1) is 17.3. The number of nitrogens with zero attached hydrogens (tertiary/aromatic N) is 2. The van der Waals surface area contributed by atoms with Gasteiger partial charge in [-0.3, -0.25) is 9.59 Å². The molecule has 1 aliphatic heterocycles. The van der Waals surface area contributed by atoms with Crippen LogP contribution in [0.3, 0.4) is 0 Å². The van der Waals surface area contributed by atoms with Crippen molar-refractivity contribution in [3.05, 3.63) is 82.1 Å². The molecule has 2 heterocycles. The first-order valence-corrected chi connectivity index (χ1v) is 12.7. The summed E-state index contributed by atoms with van der Waals surface area (Å²) >= 11 is 1.26.